The summed E-state index contributed by atoms with van der Waals surface area (Å²) < 4.78 is 6.11. The predicted octanol–water partition coefficient (Wildman–Crippen LogP) is 3.14. The zero-order chi connectivity index (χ0) is 11.7. The summed E-state index contributed by atoms with van der Waals surface area (Å²) in [5, 5.41) is 2.76. The van der Waals surface area contributed by atoms with E-state index in [1.54, 1.807) is 29.0 Å². The van der Waals surface area contributed by atoms with Crippen molar-refractivity contribution < 1.29 is 9.21 Å². The molecule has 0 aliphatic carbocycles. The third-order valence-electron chi connectivity index (χ3n) is 2.33. The van der Waals surface area contributed by atoms with Crippen LogP contribution in [0, 0.1) is 0 Å². The molecule has 0 saturated carbocycles. The molecule has 2 aromatic heterocycles. The second-order valence-electron chi connectivity index (χ2n) is 3.47. The highest BCUT2D eigenvalue weighted by atomic mass is 32.1. The van der Waals surface area contributed by atoms with Crippen molar-refractivity contribution in [2.24, 2.45) is 0 Å². The topological polar surface area (TPSA) is 55.1 Å². The lowest BCUT2D eigenvalue weighted by molar-refractivity contribution is 0.0996. The van der Waals surface area contributed by atoms with E-state index in [-0.39, 0.29) is 5.91 Å². The Morgan fingerprint density at radius 2 is 2.29 bits per heavy atom. The molecule has 5 heteroatoms. The first-order valence-corrected chi connectivity index (χ1v) is 5.89. The fourth-order valence-electron chi connectivity index (χ4n) is 1.54. The zero-order valence-corrected chi connectivity index (χ0v) is 9.53. The van der Waals surface area contributed by atoms with E-state index in [0.29, 0.717) is 11.4 Å². The number of nitrogens with one attached hydrogen (secondary N) is 1. The number of aromatic nitrogens is 1. The molecule has 0 saturated heterocycles. The van der Waals surface area contributed by atoms with Crippen molar-refractivity contribution in [3.63, 3.8) is 0 Å². The molecule has 2 heterocycles. The van der Waals surface area contributed by atoms with Gasteiger partial charge in [0.25, 0.3) is 5.91 Å². The number of fused-ring (bicyclic) bond motifs is 1. The van der Waals surface area contributed by atoms with Crippen molar-refractivity contribution in [1.82, 2.24) is 4.98 Å². The van der Waals surface area contributed by atoms with Gasteiger partial charge in [0.2, 0.25) is 0 Å². The molecule has 0 bridgehead atoms. The Labute approximate surface area is 101 Å². The summed E-state index contributed by atoms with van der Waals surface area (Å²) in [7, 11) is 0. The molecule has 4 nitrogen and oxygen atoms in total. The molecule has 0 radical (unpaired) electrons. The highest BCUT2D eigenvalue weighted by molar-refractivity contribution is 7.16. The Morgan fingerprint density at radius 1 is 1.35 bits per heavy atom. The Balaban J connectivity index is 1.87. The molecular formula is C12H8N2O2S. The Bertz CT molecular complexity index is 658. The van der Waals surface area contributed by atoms with Crippen molar-refractivity contribution in [1.29, 1.82) is 0 Å². The maximum absolute atomic E-state index is 11.7. The van der Waals surface area contributed by atoms with E-state index in [4.69, 9.17) is 4.42 Å². The van der Waals surface area contributed by atoms with Crippen LogP contribution in [-0.4, -0.2) is 10.9 Å². The molecule has 1 N–H and O–H groups in total. The minimum absolute atomic E-state index is 0.260. The molecule has 0 atom stereocenters. The third kappa shape index (κ3) is 1.92. The lowest BCUT2D eigenvalue weighted by atomic mass is 10.3. The summed E-state index contributed by atoms with van der Waals surface area (Å²) in [5.41, 5.74) is 3.38. The van der Waals surface area contributed by atoms with Gasteiger partial charge in [0, 0.05) is 5.69 Å². The number of carbonyl (C=O) groups excluding carboxylic acids is 1. The fourth-order valence-corrected chi connectivity index (χ4v) is 2.19. The SMILES string of the molecule is O=C(Nc1ccc2scnc2c1)c1ccco1. The van der Waals surface area contributed by atoms with Crippen LogP contribution in [0.5, 0.6) is 0 Å². The first-order chi connectivity index (χ1) is 8.33. The van der Waals surface area contributed by atoms with Crippen LogP contribution in [0.15, 0.2) is 46.5 Å². The van der Waals surface area contributed by atoms with Gasteiger partial charge in [-0.3, -0.25) is 4.79 Å². The van der Waals surface area contributed by atoms with Gasteiger partial charge in [-0.05, 0) is 30.3 Å². The minimum Gasteiger partial charge on any atom is -0.459 e. The van der Waals surface area contributed by atoms with Crippen LogP contribution in [0.4, 0.5) is 5.69 Å². The molecule has 17 heavy (non-hydrogen) atoms. The van der Waals surface area contributed by atoms with Gasteiger partial charge in [-0.1, -0.05) is 0 Å². The van der Waals surface area contributed by atoms with Gasteiger partial charge in [-0.2, -0.15) is 0 Å². The Kier molecular flexibility index (Phi) is 2.38. The van der Waals surface area contributed by atoms with Gasteiger partial charge in [-0.25, -0.2) is 4.98 Å². The van der Waals surface area contributed by atoms with Gasteiger partial charge in [-0.15, -0.1) is 11.3 Å². The van der Waals surface area contributed by atoms with E-state index in [9.17, 15) is 4.79 Å². The predicted molar refractivity (Wildman–Crippen MR) is 66.3 cm³/mol. The minimum atomic E-state index is -0.260. The Morgan fingerprint density at radius 3 is 3.12 bits per heavy atom. The van der Waals surface area contributed by atoms with Crippen molar-refractivity contribution in [2.75, 3.05) is 5.32 Å². The summed E-state index contributed by atoms with van der Waals surface area (Å²) >= 11 is 1.57. The van der Waals surface area contributed by atoms with E-state index in [1.165, 1.54) is 6.26 Å². The molecular weight excluding hydrogens is 236 g/mol. The zero-order valence-electron chi connectivity index (χ0n) is 8.71. The lowest BCUT2D eigenvalue weighted by Crippen LogP contribution is -2.10. The monoisotopic (exact) mass is 244 g/mol. The van der Waals surface area contributed by atoms with Gasteiger partial charge >= 0.3 is 0 Å². The maximum Gasteiger partial charge on any atom is 0.291 e. The van der Waals surface area contributed by atoms with Crippen LogP contribution < -0.4 is 5.32 Å². The van der Waals surface area contributed by atoms with Crippen molar-refractivity contribution in [3.8, 4) is 0 Å². The number of nitrogens with zero attached hydrogens (tertiary/aromatic N) is 1. The molecule has 84 valence electrons. The first-order valence-electron chi connectivity index (χ1n) is 5.01. The number of anilines is 1. The quantitative estimate of drug-likeness (QED) is 0.753. The van der Waals surface area contributed by atoms with Gasteiger partial charge in [0.1, 0.15) is 0 Å². The van der Waals surface area contributed by atoms with E-state index in [2.05, 4.69) is 10.3 Å². The van der Waals surface area contributed by atoms with Crippen molar-refractivity contribution >= 4 is 33.1 Å². The lowest BCUT2D eigenvalue weighted by Gasteiger charge is -2.02. The summed E-state index contributed by atoms with van der Waals surface area (Å²) in [6, 6.07) is 8.92. The molecule has 0 fully saturated rings. The van der Waals surface area contributed by atoms with Crippen LogP contribution in [0.25, 0.3) is 10.2 Å². The summed E-state index contributed by atoms with van der Waals surface area (Å²) in [5.74, 6) is 0.0351. The number of amides is 1. The molecule has 3 rings (SSSR count). The van der Waals surface area contributed by atoms with Gasteiger partial charge in [0.15, 0.2) is 5.76 Å². The standard InChI is InChI=1S/C12H8N2O2S/c15-12(10-2-1-5-16-10)14-8-3-4-11-9(6-8)13-7-17-11/h1-7H,(H,14,15). The summed E-state index contributed by atoms with van der Waals surface area (Å²) in [6.07, 6.45) is 1.47. The molecule has 0 aliphatic heterocycles. The molecule has 1 amide bonds. The van der Waals surface area contributed by atoms with E-state index < -0.39 is 0 Å². The summed E-state index contributed by atoms with van der Waals surface area (Å²) in [6.45, 7) is 0. The molecule has 0 spiro atoms. The molecule has 0 aliphatic rings. The number of carbonyl (C=O) groups is 1. The highest BCUT2D eigenvalue weighted by Gasteiger charge is 2.09. The number of benzene rings is 1. The van der Waals surface area contributed by atoms with Crippen LogP contribution >= 0.6 is 11.3 Å². The molecule has 0 unspecified atom stereocenters. The Hall–Kier alpha value is -2.14. The van der Waals surface area contributed by atoms with Crippen LogP contribution in [0.1, 0.15) is 10.6 Å². The number of hydrogen-bond acceptors (Lipinski definition) is 4. The average Bonchev–Trinajstić information content (AvgIpc) is 2.99. The number of thiazole rings is 1. The van der Waals surface area contributed by atoms with Gasteiger partial charge in [0.05, 0.1) is 22.0 Å². The largest absolute Gasteiger partial charge is 0.459 e. The molecule has 1 aromatic carbocycles. The average molecular weight is 244 g/mol. The van der Waals surface area contributed by atoms with E-state index in [0.717, 1.165) is 10.2 Å². The second kappa shape index (κ2) is 4.03. The van der Waals surface area contributed by atoms with Crippen LogP contribution in [-0.2, 0) is 0 Å². The first kappa shape index (κ1) is 10.0. The van der Waals surface area contributed by atoms with Crippen LogP contribution in [0.2, 0.25) is 0 Å². The normalized spacial score (nSPS) is 10.6. The highest BCUT2D eigenvalue weighted by Crippen LogP contribution is 2.21. The number of hydrogen-bond donors (Lipinski definition) is 1. The molecule has 3 aromatic rings. The van der Waals surface area contributed by atoms with Gasteiger partial charge < -0.3 is 9.73 Å². The van der Waals surface area contributed by atoms with Crippen LogP contribution in [0.3, 0.4) is 0 Å². The second-order valence-corrected chi connectivity index (χ2v) is 4.35. The van der Waals surface area contributed by atoms with E-state index >= 15 is 0 Å². The van der Waals surface area contributed by atoms with Crippen molar-refractivity contribution in [3.05, 3.63) is 47.9 Å². The number of rotatable bonds is 2. The fraction of sp³-hybridized carbons (Fsp3) is 0. The maximum atomic E-state index is 11.7. The smallest absolute Gasteiger partial charge is 0.291 e. The van der Waals surface area contributed by atoms with E-state index in [1.807, 2.05) is 18.2 Å². The third-order valence-corrected chi connectivity index (χ3v) is 3.14. The number of furan rings is 1. The van der Waals surface area contributed by atoms with Crippen molar-refractivity contribution in [2.45, 2.75) is 0 Å². The summed E-state index contributed by atoms with van der Waals surface area (Å²) in [4.78, 5) is 15.9.